The van der Waals surface area contributed by atoms with E-state index in [4.69, 9.17) is 0 Å². The number of aryl methyl sites for hydroxylation is 1. The van der Waals surface area contributed by atoms with Gasteiger partial charge in [0.05, 0.1) is 5.69 Å². The van der Waals surface area contributed by atoms with Crippen LogP contribution in [0.3, 0.4) is 0 Å². The van der Waals surface area contributed by atoms with Crippen LogP contribution in [0, 0.1) is 0 Å². The average Bonchev–Trinajstić information content (AvgIpc) is 3.13. The zero-order chi connectivity index (χ0) is 13.4. The fourth-order valence-electron chi connectivity index (χ4n) is 2.69. The van der Waals surface area contributed by atoms with Crippen molar-refractivity contribution in [3.63, 3.8) is 0 Å². The first kappa shape index (κ1) is 12.7. The highest BCUT2D eigenvalue weighted by molar-refractivity contribution is 5.92. The number of nitrogens with zero attached hydrogens (tertiary/aromatic N) is 3. The van der Waals surface area contributed by atoms with Gasteiger partial charge in [0.25, 0.3) is 5.91 Å². The number of amides is 1. The summed E-state index contributed by atoms with van der Waals surface area (Å²) < 4.78 is 2.01. The molecule has 0 bridgehead atoms. The van der Waals surface area contributed by atoms with Crippen molar-refractivity contribution in [1.82, 2.24) is 20.0 Å². The Morgan fingerprint density at radius 2 is 2.21 bits per heavy atom. The zero-order valence-electron chi connectivity index (χ0n) is 11.7. The van der Waals surface area contributed by atoms with Gasteiger partial charge in [-0.25, -0.2) is 0 Å². The van der Waals surface area contributed by atoms with Crippen molar-refractivity contribution in [2.24, 2.45) is 0 Å². The number of carbonyl (C=O) groups excluding carboxylic acids is 1. The first-order valence-corrected chi connectivity index (χ1v) is 7.25. The van der Waals surface area contributed by atoms with Crippen molar-refractivity contribution in [3.8, 4) is 0 Å². The van der Waals surface area contributed by atoms with Crippen molar-refractivity contribution in [3.05, 3.63) is 17.5 Å². The molecule has 1 amide bonds. The predicted molar refractivity (Wildman–Crippen MR) is 72.9 cm³/mol. The van der Waals surface area contributed by atoms with Crippen LogP contribution in [-0.4, -0.2) is 39.2 Å². The highest BCUT2D eigenvalue weighted by Gasteiger charge is 2.31. The third-order valence-corrected chi connectivity index (χ3v) is 3.76. The molecule has 0 aromatic carbocycles. The highest BCUT2D eigenvalue weighted by Crippen LogP contribution is 2.29. The van der Waals surface area contributed by atoms with Crippen LogP contribution in [0.4, 0.5) is 0 Å². The fourth-order valence-corrected chi connectivity index (χ4v) is 2.69. The zero-order valence-corrected chi connectivity index (χ0v) is 11.7. The lowest BCUT2D eigenvalue weighted by Crippen LogP contribution is -2.30. The van der Waals surface area contributed by atoms with E-state index in [0.717, 1.165) is 32.1 Å². The van der Waals surface area contributed by atoms with E-state index >= 15 is 0 Å². The Kier molecular flexibility index (Phi) is 3.31. The third kappa shape index (κ3) is 2.81. The van der Waals surface area contributed by atoms with Crippen molar-refractivity contribution >= 4 is 5.91 Å². The smallest absolute Gasteiger partial charge is 0.271 e. The second kappa shape index (κ2) is 4.96. The number of aromatic nitrogens is 2. The molecule has 1 fully saturated rings. The van der Waals surface area contributed by atoms with Gasteiger partial charge in [-0.2, -0.15) is 5.10 Å². The number of hydrogen-bond acceptors (Lipinski definition) is 3. The maximum absolute atomic E-state index is 12.0. The molecule has 5 heteroatoms. The Hall–Kier alpha value is -1.36. The van der Waals surface area contributed by atoms with E-state index in [1.165, 1.54) is 18.5 Å². The minimum absolute atomic E-state index is 0.0615. The van der Waals surface area contributed by atoms with Crippen LogP contribution in [0.25, 0.3) is 0 Å². The Labute approximate surface area is 114 Å². The summed E-state index contributed by atoms with van der Waals surface area (Å²) in [4.78, 5) is 14.5. The Balaban J connectivity index is 1.76. The minimum Gasteiger partial charge on any atom is -0.348 e. The predicted octanol–water partition coefficient (Wildman–Crippen LogP) is 1.39. The summed E-state index contributed by atoms with van der Waals surface area (Å²) in [6.07, 6.45) is 3.78. The van der Waals surface area contributed by atoms with E-state index in [1.54, 1.807) is 0 Å². The Morgan fingerprint density at radius 1 is 1.42 bits per heavy atom. The summed E-state index contributed by atoms with van der Waals surface area (Å²) in [5, 5.41) is 7.36. The van der Waals surface area contributed by atoms with Gasteiger partial charge in [-0.1, -0.05) is 0 Å². The molecule has 0 spiro atoms. The Bertz CT molecular complexity index is 476. The van der Waals surface area contributed by atoms with Crippen LogP contribution in [0.2, 0.25) is 0 Å². The molecule has 3 rings (SSSR count). The molecule has 0 radical (unpaired) electrons. The largest absolute Gasteiger partial charge is 0.348 e. The van der Waals surface area contributed by atoms with Crippen molar-refractivity contribution in [2.75, 3.05) is 6.54 Å². The molecule has 19 heavy (non-hydrogen) atoms. The molecule has 2 heterocycles. The van der Waals surface area contributed by atoms with Crippen LogP contribution in [0.15, 0.2) is 6.07 Å². The molecule has 5 nitrogen and oxygen atoms in total. The molecule has 1 aromatic heterocycles. The second-order valence-electron chi connectivity index (χ2n) is 5.93. The molecule has 1 aromatic rings. The Morgan fingerprint density at radius 3 is 2.89 bits per heavy atom. The molecule has 2 aliphatic rings. The number of nitrogens with one attached hydrogen (secondary N) is 1. The lowest BCUT2D eigenvalue weighted by atomic mass is 10.3. The van der Waals surface area contributed by atoms with Gasteiger partial charge in [0.2, 0.25) is 0 Å². The molecular weight excluding hydrogens is 240 g/mol. The summed E-state index contributed by atoms with van der Waals surface area (Å²) in [7, 11) is 0. The number of fused-ring (bicyclic) bond motifs is 1. The topological polar surface area (TPSA) is 50.2 Å². The van der Waals surface area contributed by atoms with E-state index in [2.05, 4.69) is 15.3 Å². The molecule has 1 saturated carbocycles. The lowest BCUT2D eigenvalue weighted by Gasteiger charge is -2.18. The van der Waals surface area contributed by atoms with Gasteiger partial charge < -0.3 is 5.32 Å². The maximum Gasteiger partial charge on any atom is 0.271 e. The third-order valence-electron chi connectivity index (χ3n) is 3.76. The van der Waals surface area contributed by atoms with Gasteiger partial charge in [0.1, 0.15) is 5.69 Å². The normalized spacial score (nSPS) is 20.2. The van der Waals surface area contributed by atoms with Crippen LogP contribution in [-0.2, 0) is 13.1 Å². The van der Waals surface area contributed by atoms with Gasteiger partial charge in [0.15, 0.2) is 0 Å². The second-order valence-corrected chi connectivity index (χ2v) is 5.93. The quantitative estimate of drug-likeness (QED) is 0.895. The molecule has 1 N–H and O–H groups in total. The lowest BCUT2D eigenvalue weighted by molar-refractivity contribution is 0.0937. The molecule has 1 aliphatic heterocycles. The van der Waals surface area contributed by atoms with Crippen LogP contribution >= 0.6 is 0 Å². The minimum atomic E-state index is -0.0615. The SMILES string of the molecule is CC(C)NC(=O)c1cc2n(n1)CCCN(C1CC1)C2. The summed E-state index contributed by atoms with van der Waals surface area (Å²) in [6.45, 7) is 6.95. The van der Waals surface area contributed by atoms with Crippen LogP contribution < -0.4 is 5.32 Å². The van der Waals surface area contributed by atoms with Crippen molar-refractivity contribution in [1.29, 1.82) is 0 Å². The fraction of sp³-hybridized carbons (Fsp3) is 0.714. The van der Waals surface area contributed by atoms with Gasteiger partial charge >= 0.3 is 0 Å². The molecule has 0 saturated heterocycles. The summed E-state index contributed by atoms with van der Waals surface area (Å²) in [5.74, 6) is -0.0615. The monoisotopic (exact) mass is 262 g/mol. The summed E-state index contributed by atoms with van der Waals surface area (Å²) in [6, 6.07) is 2.88. The van der Waals surface area contributed by atoms with Gasteiger partial charge in [-0.15, -0.1) is 0 Å². The summed E-state index contributed by atoms with van der Waals surface area (Å²) >= 11 is 0. The molecular formula is C14H22N4O. The van der Waals surface area contributed by atoms with Crippen LogP contribution in [0.1, 0.15) is 49.3 Å². The van der Waals surface area contributed by atoms with E-state index in [-0.39, 0.29) is 11.9 Å². The van der Waals surface area contributed by atoms with Crippen molar-refractivity contribution < 1.29 is 4.79 Å². The molecule has 104 valence electrons. The van der Waals surface area contributed by atoms with E-state index in [1.807, 2.05) is 24.6 Å². The number of rotatable bonds is 3. The maximum atomic E-state index is 12.0. The molecule has 0 atom stereocenters. The average molecular weight is 262 g/mol. The number of hydrogen-bond donors (Lipinski definition) is 1. The highest BCUT2D eigenvalue weighted by atomic mass is 16.2. The van der Waals surface area contributed by atoms with Gasteiger partial charge in [0, 0.05) is 31.7 Å². The standard InChI is InChI=1S/C14H22N4O/c1-10(2)15-14(19)13-8-12-9-17(11-4-5-11)6-3-7-18(12)16-13/h8,10-11H,3-7,9H2,1-2H3,(H,15,19). The summed E-state index contributed by atoms with van der Waals surface area (Å²) in [5.41, 5.74) is 1.74. The van der Waals surface area contributed by atoms with Gasteiger partial charge in [-0.05, 0) is 39.2 Å². The van der Waals surface area contributed by atoms with E-state index < -0.39 is 0 Å². The van der Waals surface area contributed by atoms with E-state index in [0.29, 0.717) is 5.69 Å². The first-order chi connectivity index (χ1) is 9.13. The molecule has 0 unspecified atom stereocenters. The first-order valence-electron chi connectivity index (χ1n) is 7.25. The molecule has 1 aliphatic carbocycles. The van der Waals surface area contributed by atoms with Gasteiger partial charge in [-0.3, -0.25) is 14.4 Å². The van der Waals surface area contributed by atoms with E-state index in [9.17, 15) is 4.79 Å². The van der Waals surface area contributed by atoms with Crippen molar-refractivity contribution in [2.45, 2.75) is 58.3 Å². The number of carbonyl (C=O) groups is 1. The van der Waals surface area contributed by atoms with Crippen LogP contribution in [0.5, 0.6) is 0 Å².